The molecule has 1 N–H and O–H groups in total. The summed E-state index contributed by atoms with van der Waals surface area (Å²) >= 11 is 0. The zero-order valence-electron chi connectivity index (χ0n) is 19.7. The molecule has 0 spiro atoms. The first-order valence-corrected chi connectivity index (χ1v) is 11.1. The lowest BCUT2D eigenvalue weighted by Crippen LogP contribution is -2.29. The van der Waals surface area contributed by atoms with Gasteiger partial charge in [-0.1, -0.05) is 63.2 Å². The highest BCUT2D eigenvalue weighted by Crippen LogP contribution is 2.42. The van der Waals surface area contributed by atoms with Gasteiger partial charge in [0.1, 0.15) is 5.76 Å². The van der Waals surface area contributed by atoms with Gasteiger partial charge in [0.2, 0.25) is 0 Å². The van der Waals surface area contributed by atoms with Crippen molar-refractivity contribution in [2.45, 2.75) is 39.2 Å². The second-order valence-corrected chi connectivity index (χ2v) is 9.52. The van der Waals surface area contributed by atoms with Crippen LogP contribution in [0.4, 0.5) is 5.69 Å². The van der Waals surface area contributed by atoms with Gasteiger partial charge in [-0.15, -0.1) is 0 Å². The van der Waals surface area contributed by atoms with Crippen LogP contribution >= 0.6 is 0 Å². The molecule has 1 saturated heterocycles. The summed E-state index contributed by atoms with van der Waals surface area (Å²) in [4.78, 5) is 28.0. The van der Waals surface area contributed by atoms with Crippen molar-refractivity contribution in [2.75, 3.05) is 4.90 Å². The third-order valence-electron chi connectivity index (χ3n) is 6.19. The molecule has 1 fully saturated rings. The van der Waals surface area contributed by atoms with Crippen molar-refractivity contribution < 1.29 is 14.7 Å². The van der Waals surface area contributed by atoms with E-state index in [0.29, 0.717) is 22.4 Å². The van der Waals surface area contributed by atoms with Crippen LogP contribution in [0.2, 0.25) is 0 Å². The molecule has 4 rings (SSSR count). The fourth-order valence-corrected chi connectivity index (χ4v) is 4.23. The number of anilines is 1. The summed E-state index contributed by atoms with van der Waals surface area (Å²) in [6.07, 6.45) is 0. The SMILES string of the molecule is Cc1ccc(C(C)(C)C)cc1/C(O)=C1\C(=O)C(=O)N(c2ccc(C#N)cc2)C1c1ccccc1. The molecule has 170 valence electrons. The molecular weight excluding hydrogens is 424 g/mol. The summed E-state index contributed by atoms with van der Waals surface area (Å²) in [6, 6.07) is 22.8. The molecule has 5 heteroatoms. The van der Waals surface area contributed by atoms with Crippen molar-refractivity contribution in [1.82, 2.24) is 0 Å². The number of hydrogen-bond acceptors (Lipinski definition) is 4. The molecule has 0 bridgehead atoms. The van der Waals surface area contributed by atoms with Crippen LogP contribution in [-0.2, 0) is 15.0 Å². The highest BCUT2D eigenvalue weighted by molar-refractivity contribution is 6.51. The molecule has 0 aliphatic carbocycles. The minimum Gasteiger partial charge on any atom is -0.507 e. The van der Waals surface area contributed by atoms with Crippen LogP contribution in [0.5, 0.6) is 0 Å². The van der Waals surface area contributed by atoms with E-state index in [-0.39, 0.29) is 16.7 Å². The molecule has 0 radical (unpaired) electrons. The molecule has 1 heterocycles. The molecule has 3 aromatic carbocycles. The smallest absolute Gasteiger partial charge is 0.300 e. The first kappa shape index (κ1) is 23.0. The number of carbonyl (C=O) groups excluding carboxylic acids is 2. The highest BCUT2D eigenvalue weighted by atomic mass is 16.3. The maximum absolute atomic E-state index is 13.3. The summed E-state index contributed by atoms with van der Waals surface area (Å²) < 4.78 is 0. The fraction of sp³-hybridized carbons (Fsp3) is 0.207. The number of nitrogens with zero attached hydrogens (tertiary/aromatic N) is 2. The van der Waals surface area contributed by atoms with Gasteiger partial charge in [-0.3, -0.25) is 14.5 Å². The largest absolute Gasteiger partial charge is 0.507 e. The number of aryl methyl sites for hydroxylation is 1. The zero-order chi connectivity index (χ0) is 24.6. The van der Waals surface area contributed by atoms with Crippen LogP contribution in [0.25, 0.3) is 5.76 Å². The molecule has 1 unspecified atom stereocenters. The van der Waals surface area contributed by atoms with Crippen molar-refractivity contribution in [2.24, 2.45) is 0 Å². The number of aliphatic hydroxyl groups excluding tert-OH is 1. The summed E-state index contributed by atoms with van der Waals surface area (Å²) in [6.45, 7) is 8.11. The van der Waals surface area contributed by atoms with Crippen LogP contribution in [0, 0.1) is 18.3 Å². The van der Waals surface area contributed by atoms with Crippen LogP contribution in [0.3, 0.4) is 0 Å². The summed E-state index contributed by atoms with van der Waals surface area (Å²) in [5, 5.41) is 20.6. The topological polar surface area (TPSA) is 81.4 Å². The quantitative estimate of drug-likeness (QED) is 0.311. The maximum atomic E-state index is 13.3. The Hall–Kier alpha value is -4.17. The Balaban J connectivity index is 1.96. The van der Waals surface area contributed by atoms with E-state index in [0.717, 1.165) is 11.1 Å². The van der Waals surface area contributed by atoms with Gasteiger partial charge in [-0.05, 0) is 59.4 Å². The lowest BCUT2D eigenvalue weighted by molar-refractivity contribution is -0.132. The predicted molar refractivity (Wildman–Crippen MR) is 132 cm³/mol. The number of Topliss-reactive ketones (excluding diaryl/α,β-unsaturated/α-hetero) is 1. The van der Waals surface area contributed by atoms with Gasteiger partial charge in [-0.25, -0.2) is 0 Å². The Morgan fingerprint density at radius 2 is 1.62 bits per heavy atom. The fourth-order valence-electron chi connectivity index (χ4n) is 4.23. The minimum atomic E-state index is -0.799. The molecular formula is C29H26N2O3. The van der Waals surface area contributed by atoms with Crippen LogP contribution in [-0.4, -0.2) is 16.8 Å². The van der Waals surface area contributed by atoms with Crippen LogP contribution < -0.4 is 4.90 Å². The summed E-state index contributed by atoms with van der Waals surface area (Å²) in [7, 11) is 0. The molecule has 5 nitrogen and oxygen atoms in total. The number of nitriles is 1. The predicted octanol–water partition coefficient (Wildman–Crippen LogP) is 5.79. The average Bonchev–Trinajstić information content (AvgIpc) is 3.09. The molecule has 1 aliphatic heterocycles. The van der Waals surface area contributed by atoms with E-state index < -0.39 is 17.7 Å². The lowest BCUT2D eigenvalue weighted by atomic mass is 9.84. The van der Waals surface area contributed by atoms with Crippen molar-refractivity contribution in [3.8, 4) is 6.07 Å². The van der Waals surface area contributed by atoms with Gasteiger partial charge in [-0.2, -0.15) is 5.26 Å². The minimum absolute atomic E-state index is 0.0507. The van der Waals surface area contributed by atoms with Crippen molar-refractivity contribution in [3.05, 3.63) is 106 Å². The van der Waals surface area contributed by atoms with E-state index in [9.17, 15) is 14.7 Å². The number of rotatable bonds is 3. The van der Waals surface area contributed by atoms with E-state index in [4.69, 9.17) is 5.26 Å². The van der Waals surface area contributed by atoms with E-state index in [1.165, 1.54) is 4.90 Å². The number of hydrogen-bond donors (Lipinski definition) is 1. The van der Waals surface area contributed by atoms with Gasteiger partial charge >= 0.3 is 0 Å². The van der Waals surface area contributed by atoms with E-state index in [1.807, 2.05) is 55.5 Å². The monoisotopic (exact) mass is 450 g/mol. The van der Waals surface area contributed by atoms with Crippen LogP contribution in [0.1, 0.15) is 54.6 Å². The van der Waals surface area contributed by atoms with Gasteiger partial charge < -0.3 is 5.11 Å². The zero-order valence-corrected chi connectivity index (χ0v) is 19.7. The molecule has 3 aromatic rings. The lowest BCUT2D eigenvalue weighted by Gasteiger charge is -2.26. The van der Waals surface area contributed by atoms with Crippen molar-refractivity contribution in [3.63, 3.8) is 0 Å². The molecule has 1 atom stereocenters. The Bertz CT molecular complexity index is 1340. The second-order valence-electron chi connectivity index (χ2n) is 9.52. The number of amides is 1. The first-order valence-electron chi connectivity index (χ1n) is 11.1. The van der Waals surface area contributed by atoms with Crippen molar-refractivity contribution in [1.29, 1.82) is 5.26 Å². The van der Waals surface area contributed by atoms with Gasteiger partial charge in [0.05, 0.1) is 23.2 Å². The second kappa shape index (κ2) is 8.64. The van der Waals surface area contributed by atoms with Crippen LogP contribution in [0.15, 0.2) is 78.4 Å². The summed E-state index contributed by atoms with van der Waals surface area (Å²) in [5.74, 6) is -1.65. The van der Waals surface area contributed by atoms with E-state index in [1.54, 1.807) is 24.3 Å². The molecule has 1 aliphatic rings. The van der Waals surface area contributed by atoms with Gasteiger partial charge in [0.15, 0.2) is 0 Å². The van der Waals surface area contributed by atoms with Crippen molar-refractivity contribution >= 4 is 23.1 Å². The Labute approximate surface area is 199 Å². The number of benzene rings is 3. The standard InChI is InChI=1S/C29H26N2O3/c1-18-10-13-21(29(2,3)4)16-23(18)26(32)24-25(20-8-6-5-7-9-20)31(28(34)27(24)33)22-14-11-19(17-30)12-15-22/h5-16,25,32H,1-4H3/b26-24+. The Kier molecular flexibility index (Phi) is 5.85. The van der Waals surface area contributed by atoms with E-state index in [2.05, 4.69) is 26.8 Å². The first-order chi connectivity index (χ1) is 16.1. The number of carbonyl (C=O) groups is 2. The highest BCUT2D eigenvalue weighted by Gasteiger charge is 2.47. The van der Waals surface area contributed by atoms with E-state index >= 15 is 0 Å². The third-order valence-corrected chi connectivity index (χ3v) is 6.19. The Morgan fingerprint density at radius 3 is 2.21 bits per heavy atom. The molecule has 0 aromatic heterocycles. The maximum Gasteiger partial charge on any atom is 0.300 e. The molecule has 1 amide bonds. The Morgan fingerprint density at radius 1 is 0.971 bits per heavy atom. The average molecular weight is 451 g/mol. The summed E-state index contributed by atoms with van der Waals surface area (Å²) in [5.41, 5.74) is 3.88. The third kappa shape index (κ3) is 3.99. The molecule has 0 saturated carbocycles. The van der Waals surface area contributed by atoms with Gasteiger partial charge in [0, 0.05) is 11.3 Å². The van der Waals surface area contributed by atoms with Gasteiger partial charge in [0.25, 0.3) is 11.7 Å². The number of ketones is 1. The number of aliphatic hydroxyl groups is 1. The molecule has 34 heavy (non-hydrogen) atoms. The normalized spacial score (nSPS) is 17.6.